The molecule has 0 saturated heterocycles. The van der Waals surface area contributed by atoms with Crippen molar-refractivity contribution in [2.75, 3.05) is 47.9 Å². The molecule has 6 rings (SSSR count). The molecule has 0 aliphatic rings. The lowest BCUT2D eigenvalue weighted by Crippen LogP contribution is -2.41. The van der Waals surface area contributed by atoms with E-state index in [1.165, 1.54) is 69.8 Å². The number of carbonyl (C=O) groups is 3. The molecule has 23 nitrogen and oxygen atoms in total. The van der Waals surface area contributed by atoms with Crippen molar-refractivity contribution in [1.29, 1.82) is 0 Å². The zero-order chi connectivity index (χ0) is 51.6. The zero-order valence-electron chi connectivity index (χ0n) is 40.3. The van der Waals surface area contributed by atoms with E-state index in [2.05, 4.69) is 105 Å². The van der Waals surface area contributed by atoms with Crippen LogP contribution in [0.1, 0.15) is 80.6 Å². The van der Waals surface area contributed by atoms with Gasteiger partial charge in [0, 0.05) is 87.6 Å². The van der Waals surface area contributed by atoms with E-state index in [0.29, 0.717) is 29.1 Å². The third-order valence-corrected chi connectivity index (χ3v) is 12.1. The van der Waals surface area contributed by atoms with Gasteiger partial charge in [-0.15, -0.1) is 20.4 Å². The third kappa shape index (κ3) is 14.1. The second-order valence-electron chi connectivity index (χ2n) is 16.8. The number of nitrogens with one attached hydrogen (secondary N) is 7. The molecule has 0 aromatic carbocycles. The van der Waals surface area contributed by atoms with Gasteiger partial charge in [-0.25, -0.2) is 36.8 Å². The minimum atomic E-state index is -3.59. The van der Waals surface area contributed by atoms with Crippen LogP contribution < -0.4 is 37.2 Å². The summed E-state index contributed by atoms with van der Waals surface area (Å²) in [6, 6.07) is 16.4. The van der Waals surface area contributed by atoms with Gasteiger partial charge >= 0.3 is 5.97 Å². The number of amides is 2. The lowest BCUT2D eigenvalue weighted by molar-refractivity contribution is -0.154. The number of nitrogens with zero attached hydrogens (tertiary/aromatic N) is 8. The van der Waals surface area contributed by atoms with E-state index >= 15 is 0 Å². The fourth-order valence-corrected chi connectivity index (χ4v) is 8.20. The number of anilines is 8. The summed E-state index contributed by atoms with van der Waals surface area (Å²) >= 11 is 0. The molecular formula is C45H55N15O8S2. The summed E-state index contributed by atoms with van der Waals surface area (Å²) in [6.45, 7) is 13.2. The van der Waals surface area contributed by atoms with E-state index in [9.17, 15) is 31.2 Å². The fourth-order valence-electron chi connectivity index (χ4n) is 6.64. The Balaban J connectivity index is 0.000000261. The maximum absolute atomic E-state index is 12.4. The van der Waals surface area contributed by atoms with Crippen LogP contribution in [0.3, 0.4) is 0 Å². The van der Waals surface area contributed by atoms with Gasteiger partial charge in [0.1, 0.15) is 38.7 Å². The van der Waals surface area contributed by atoms with Crippen molar-refractivity contribution in [2.24, 2.45) is 0 Å². The molecule has 6 aromatic rings. The normalized spacial score (nSPS) is 11.7. The Morgan fingerprint density at radius 1 is 0.586 bits per heavy atom. The molecule has 0 fully saturated rings. The first-order valence-electron chi connectivity index (χ1n) is 21.3. The average Bonchev–Trinajstić information content (AvgIpc) is 3.28. The van der Waals surface area contributed by atoms with Gasteiger partial charge < -0.3 is 42.0 Å². The second kappa shape index (κ2) is 22.1. The van der Waals surface area contributed by atoms with Crippen LogP contribution in [0, 0.1) is 0 Å². The summed E-state index contributed by atoms with van der Waals surface area (Å²) in [5.41, 5.74) is 0.911. The SMILES string of the molecule is CNC(=O)c1nnc(Nc2ccc(C(C)(C)NC(C)C)cn2)cc1Nc1ncccc1S(C)(=O)=O.CNC(=O)c1nnc(Nc2ccc(C(C)(C)OC(C)=O)cn2)cc1Nc1ncccc1S(C)(=O)=O. The lowest BCUT2D eigenvalue weighted by Gasteiger charge is -2.29. The molecule has 0 aliphatic carbocycles. The van der Waals surface area contributed by atoms with Crippen LogP contribution >= 0.6 is 0 Å². The molecule has 0 unspecified atom stereocenters. The molecule has 7 N–H and O–H groups in total. The molecule has 0 spiro atoms. The minimum Gasteiger partial charge on any atom is -0.455 e. The average molecular weight is 998 g/mol. The van der Waals surface area contributed by atoms with E-state index in [0.717, 1.165) is 18.1 Å². The number of rotatable bonds is 17. The number of hydrogen-bond acceptors (Lipinski definition) is 21. The summed E-state index contributed by atoms with van der Waals surface area (Å²) in [5, 5.41) is 36.4. The van der Waals surface area contributed by atoms with Crippen molar-refractivity contribution < 1.29 is 36.0 Å². The highest BCUT2D eigenvalue weighted by atomic mass is 32.2. The van der Waals surface area contributed by atoms with Gasteiger partial charge in [0.05, 0.1) is 11.4 Å². The van der Waals surface area contributed by atoms with Crippen LogP contribution in [0.2, 0.25) is 0 Å². The van der Waals surface area contributed by atoms with Crippen molar-refractivity contribution in [3.8, 4) is 0 Å². The molecule has 25 heteroatoms. The maximum atomic E-state index is 12.4. The zero-order valence-corrected chi connectivity index (χ0v) is 42.0. The number of hydrogen-bond donors (Lipinski definition) is 7. The second-order valence-corrected chi connectivity index (χ2v) is 20.7. The number of sulfone groups is 2. The monoisotopic (exact) mass is 997 g/mol. The molecule has 0 atom stereocenters. The van der Waals surface area contributed by atoms with E-state index in [1.807, 2.05) is 12.1 Å². The van der Waals surface area contributed by atoms with Crippen molar-refractivity contribution in [2.45, 2.75) is 75.4 Å². The van der Waals surface area contributed by atoms with Crippen molar-refractivity contribution >= 4 is 83.7 Å². The Hall–Kier alpha value is -7.77. The molecule has 0 radical (unpaired) electrons. The van der Waals surface area contributed by atoms with Crippen LogP contribution in [0.4, 0.5) is 46.3 Å². The van der Waals surface area contributed by atoms with Gasteiger partial charge in [0.2, 0.25) is 0 Å². The van der Waals surface area contributed by atoms with Crippen molar-refractivity contribution in [1.82, 2.24) is 56.3 Å². The van der Waals surface area contributed by atoms with Crippen LogP contribution in [-0.4, -0.2) is 108 Å². The Labute approximate surface area is 405 Å². The van der Waals surface area contributed by atoms with Gasteiger partial charge in [-0.2, -0.15) is 0 Å². The smallest absolute Gasteiger partial charge is 0.303 e. The fraction of sp³-hybridized carbons (Fsp3) is 0.311. The molecule has 2 amide bonds. The number of aromatic nitrogens is 8. The predicted molar refractivity (Wildman–Crippen MR) is 263 cm³/mol. The third-order valence-electron chi connectivity index (χ3n) is 9.82. The molecule has 70 heavy (non-hydrogen) atoms. The Kier molecular flexibility index (Phi) is 16.8. The number of ether oxygens (including phenoxy) is 1. The van der Waals surface area contributed by atoms with Gasteiger partial charge in [-0.05, 0) is 75.7 Å². The minimum absolute atomic E-state index is 0.0101. The highest BCUT2D eigenvalue weighted by molar-refractivity contribution is 7.91. The molecule has 0 saturated carbocycles. The molecule has 370 valence electrons. The van der Waals surface area contributed by atoms with Gasteiger partial charge in [-0.3, -0.25) is 14.4 Å². The number of pyridine rings is 4. The van der Waals surface area contributed by atoms with E-state index < -0.39 is 43.1 Å². The molecule has 6 heterocycles. The summed E-state index contributed by atoms with van der Waals surface area (Å²) in [4.78, 5) is 53.0. The van der Waals surface area contributed by atoms with Gasteiger partial charge in [0.15, 0.2) is 42.7 Å². The standard InChI is InChI=1S/C23H30N8O3S.C22H25N7O5S/c1-14(2)29-23(3,4)15-9-10-18(26-13-15)28-19-12-16(20(31-30-19)22(32)24-5)27-21-17(35(6,33)34)8-7-11-25-21;1-13(30)34-22(2,3)14-8-9-17(25-12-14)27-18-11-15(19(29-28-18)21(31)23-4)26-20-16(35(5,32)33)7-6-10-24-20/h7-14,29H,1-6H3,(H,24,32)(H2,25,26,27,28,30);6-12H,1-5H3,(H,23,31)(H2,24,25,26,27,28). The molecular weight excluding hydrogens is 943 g/mol. The highest BCUT2D eigenvalue weighted by Crippen LogP contribution is 2.30. The van der Waals surface area contributed by atoms with Gasteiger partial charge in [0.25, 0.3) is 11.8 Å². The van der Waals surface area contributed by atoms with Crippen LogP contribution in [0.5, 0.6) is 0 Å². The summed E-state index contributed by atoms with van der Waals surface area (Å²) in [6.07, 6.45) is 8.35. The Bertz CT molecular complexity index is 3080. The lowest BCUT2D eigenvalue weighted by atomic mass is 9.95. The van der Waals surface area contributed by atoms with Crippen LogP contribution in [-0.2, 0) is 40.3 Å². The van der Waals surface area contributed by atoms with E-state index in [-0.39, 0.29) is 55.5 Å². The van der Waals surface area contributed by atoms with E-state index in [4.69, 9.17) is 4.74 Å². The molecule has 0 aliphatic heterocycles. The Morgan fingerprint density at radius 2 is 1.01 bits per heavy atom. The summed E-state index contributed by atoms with van der Waals surface area (Å²) < 4.78 is 54.0. The number of carbonyl (C=O) groups excluding carboxylic acids is 3. The predicted octanol–water partition coefficient (Wildman–Crippen LogP) is 5.07. The first-order valence-corrected chi connectivity index (χ1v) is 25.1. The molecule has 0 bridgehead atoms. The summed E-state index contributed by atoms with van der Waals surface area (Å²) in [5.74, 6) is 0.149. The summed E-state index contributed by atoms with van der Waals surface area (Å²) in [7, 11) is -4.26. The van der Waals surface area contributed by atoms with Crippen LogP contribution in [0.25, 0.3) is 0 Å². The Morgan fingerprint density at radius 3 is 1.37 bits per heavy atom. The molecule has 6 aromatic heterocycles. The van der Waals surface area contributed by atoms with Crippen molar-refractivity contribution in [3.05, 3.63) is 108 Å². The van der Waals surface area contributed by atoms with Gasteiger partial charge in [-0.1, -0.05) is 19.9 Å². The highest BCUT2D eigenvalue weighted by Gasteiger charge is 2.26. The quantitative estimate of drug-likeness (QED) is 0.0587. The topological polar surface area (TPSA) is 316 Å². The number of esters is 1. The first kappa shape index (κ1) is 53.2. The van der Waals surface area contributed by atoms with E-state index in [1.54, 1.807) is 38.4 Å². The maximum Gasteiger partial charge on any atom is 0.303 e. The first-order chi connectivity index (χ1) is 32.8. The van der Waals surface area contributed by atoms with Crippen LogP contribution in [0.15, 0.2) is 95.2 Å². The van der Waals surface area contributed by atoms with Crippen molar-refractivity contribution in [3.63, 3.8) is 0 Å². The largest absolute Gasteiger partial charge is 0.455 e.